The summed E-state index contributed by atoms with van der Waals surface area (Å²) in [5, 5.41) is 0. The van der Waals surface area contributed by atoms with E-state index in [1.165, 1.54) is 123 Å². The topological polar surface area (TPSA) is 28.2 Å². The summed E-state index contributed by atoms with van der Waals surface area (Å²) < 4.78 is 12.0. The van der Waals surface area contributed by atoms with Gasteiger partial charge in [0, 0.05) is 14.2 Å². The van der Waals surface area contributed by atoms with Gasteiger partial charge in [-0.2, -0.15) is 0 Å². The highest BCUT2D eigenvalue weighted by Gasteiger charge is 2.37. The van der Waals surface area contributed by atoms with Crippen molar-refractivity contribution in [3.05, 3.63) is 0 Å². The highest BCUT2D eigenvalue weighted by molar-refractivity contribution is 6.65. The lowest BCUT2D eigenvalue weighted by Crippen LogP contribution is -2.42. The van der Waals surface area contributed by atoms with Crippen molar-refractivity contribution in [2.75, 3.05) is 73.1 Å². The Hall–Kier alpha value is 0.0169. The van der Waals surface area contributed by atoms with Crippen molar-refractivity contribution >= 4 is 8.56 Å². The van der Waals surface area contributed by atoms with E-state index in [0.29, 0.717) is 5.41 Å². The molecule has 0 fully saturated rings. The van der Waals surface area contributed by atoms with E-state index in [-0.39, 0.29) is 0 Å². The number of hydrogen-bond donors (Lipinski definition) is 0. The average Bonchev–Trinajstić information content (AvgIpc) is 2.88. The molecule has 0 rings (SSSR count). The molecule has 0 unspecified atom stereocenters. The van der Waals surface area contributed by atoms with Crippen LogP contribution >= 0.6 is 0 Å². The molecule has 0 atom stereocenters. The Bertz CT molecular complexity index is 423. The summed E-state index contributed by atoms with van der Waals surface area (Å²) in [6, 6.07) is 1.09. The molecule has 0 saturated carbocycles. The molecule has 6 heteroatoms. The fourth-order valence-electron chi connectivity index (χ4n) is 5.62. The summed E-state index contributed by atoms with van der Waals surface area (Å²) in [6.07, 6.45) is 12.6. The number of nitrogens with zero attached hydrogens (tertiary/aromatic N) is 3. The maximum absolute atomic E-state index is 5.98. The molecule has 0 saturated heterocycles. The fraction of sp³-hybridized carbons (Fsp3) is 1.00. The zero-order valence-corrected chi connectivity index (χ0v) is 27.3. The molecule has 0 spiro atoms. The van der Waals surface area contributed by atoms with Crippen LogP contribution < -0.4 is 0 Å². The summed E-state index contributed by atoms with van der Waals surface area (Å²) in [4.78, 5) is 8.18. The maximum atomic E-state index is 5.98. The zero-order chi connectivity index (χ0) is 27.3. The van der Waals surface area contributed by atoms with Gasteiger partial charge in [-0.25, -0.2) is 0 Å². The van der Waals surface area contributed by atoms with Crippen LogP contribution in [-0.4, -0.2) is 96.4 Å². The minimum atomic E-state index is -2.11. The smallest absolute Gasteiger partial charge is 0.334 e. The van der Waals surface area contributed by atoms with Crippen molar-refractivity contribution in [2.45, 2.75) is 118 Å². The van der Waals surface area contributed by atoms with Crippen molar-refractivity contribution in [3.8, 4) is 0 Å². The quantitative estimate of drug-likeness (QED) is 0.110. The summed E-state index contributed by atoms with van der Waals surface area (Å²) in [7, 11) is 1.61. The first-order valence-corrected chi connectivity index (χ1v) is 18.1. The third-order valence-corrected chi connectivity index (χ3v) is 11.0. The molecule has 218 valence electrons. The largest absolute Gasteiger partial charge is 0.398 e. The van der Waals surface area contributed by atoms with Gasteiger partial charge in [-0.1, -0.05) is 41.5 Å². The van der Waals surface area contributed by atoms with Gasteiger partial charge in [0.15, 0.2) is 0 Å². The fourth-order valence-corrected chi connectivity index (χ4v) is 7.18. The average molecular weight is 530 g/mol. The molecule has 0 aliphatic rings. The number of rotatable bonds is 26. The highest BCUT2D eigenvalue weighted by atomic mass is 28.4. The van der Waals surface area contributed by atoms with Gasteiger partial charge in [-0.15, -0.1) is 0 Å². The molecule has 0 bridgehead atoms. The SMILES string of the molecule is CCCN(CCC)CCC(CCN(CCC)CCC)(CCN(CCC)CCC)CC[Si](C)(OC)OC. The van der Waals surface area contributed by atoms with Gasteiger partial charge >= 0.3 is 8.56 Å². The van der Waals surface area contributed by atoms with Crippen LogP contribution in [0.15, 0.2) is 0 Å². The Labute approximate surface area is 228 Å². The second kappa shape index (κ2) is 21.9. The molecule has 0 N–H and O–H groups in total. The van der Waals surface area contributed by atoms with Crippen molar-refractivity contribution in [3.63, 3.8) is 0 Å². The van der Waals surface area contributed by atoms with Crippen LogP contribution in [0.4, 0.5) is 0 Å². The predicted molar refractivity (Wildman–Crippen MR) is 162 cm³/mol. The molecule has 5 nitrogen and oxygen atoms in total. The molecule has 36 heavy (non-hydrogen) atoms. The lowest BCUT2D eigenvalue weighted by molar-refractivity contribution is 0.112. The van der Waals surface area contributed by atoms with E-state index >= 15 is 0 Å². The second-order valence-electron chi connectivity index (χ2n) is 11.3. The lowest BCUT2D eigenvalue weighted by Gasteiger charge is -2.41. The normalized spacial score (nSPS) is 13.0. The monoisotopic (exact) mass is 530 g/mol. The molecule has 0 aromatic heterocycles. The molecule has 0 heterocycles. The van der Waals surface area contributed by atoms with Crippen molar-refractivity contribution in [1.29, 1.82) is 0 Å². The summed E-state index contributed by atoms with van der Waals surface area (Å²) in [5.74, 6) is 0. The van der Waals surface area contributed by atoms with Crippen LogP contribution in [0.3, 0.4) is 0 Å². The lowest BCUT2D eigenvalue weighted by atomic mass is 9.75. The Balaban J connectivity index is 5.96. The van der Waals surface area contributed by atoms with E-state index in [2.05, 4.69) is 62.8 Å². The summed E-state index contributed by atoms with van der Waals surface area (Å²) in [6.45, 7) is 27.2. The molecule has 0 aromatic carbocycles. The van der Waals surface area contributed by atoms with E-state index in [1.54, 1.807) is 0 Å². The second-order valence-corrected chi connectivity index (χ2v) is 14.9. The van der Waals surface area contributed by atoms with E-state index in [9.17, 15) is 0 Å². The Kier molecular flexibility index (Phi) is 21.9. The minimum Gasteiger partial charge on any atom is -0.398 e. The van der Waals surface area contributed by atoms with Gasteiger partial charge in [0.1, 0.15) is 0 Å². The summed E-state index contributed by atoms with van der Waals surface area (Å²) in [5.41, 5.74) is 0.338. The van der Waals surface area contributed by atoms with E-state index in [0.717, 1.165) is 6.04 Å². The summed E-state index contributed by atoms with van der Waals surface area (Å²) >= 11 is 0. The van der Waals surface area contributed by atoms with Crippen LogP contribution in [0, 0.1) is 5.41 Å². The first-order chi connectivity index (χ1) is 17.3. The molecular weight excluding hydrogens is 462 g/mol. The zero-order valence-electron chi connectivity index (χ0n) is 26.3. The third-order valence-electron chi connectivity index (χ3n) is 8.09. The van der Waals surface area contributed by atoms with E-state index in [4.69, 9.17) is 8.85 Å². The van der Waals surface area contributed by atoms with Crippen LogP contribution in [0.1, 0.15) is 106 Å². The molecule has 0 aliphatic heterocycles. The van der Waals surface area contributed by atoms with Crippen LogP contribution in [0.25, 0.3) is 0 Å². The minimum absolute atomic E-state index is 0.338. The number of hydrogen-bond acceptors (Lipinski definition) is 5. The van der Waals surface area contributed by atoms with E-state index in [1.807, 2.05) is 14.2 Å². The van der Waals surface area contributed by atoms with Gasteiger partial charge in [0.25, 0.3) is 0 Å². The standard InChI is InChI=1S/C30H67N3O2Si/c1-10-20-31(21-11-2)26-16-30(19-29-36(9,34-7)35-8,17-27-32(22-12-3)23-13-4)18-28-33(24-14-5)25-15-6/h10-29H2,1-9H3. The molecule has 0 amide bonds. The Morgan fingerprint density at radius 2 is 0.750 bits per heavy atom. The van der Waals surface area contributed by atoms with Gasteiger partial charge in [0.05, 0.1) is 0 Å². The van der Waals surface area contributed by atoms with Crippen molar-refractivity contribution in [1.82, 2.24) is 14.7 Å². The molecule has 0 aromatic rings. The first-order valence-electron chi connectivity index (χ1n) is 15.6. The predicted octanol–water partition coefficient (Wildman–Crippen LogP) is 7.26. The molecule has 0 aliphatic carbocycles. The van der Waals surface area contributed by atoms with Crippen LogP contribution in [0.5, 0.6) is 0 Å². The molecular formula is C30H67N3O2Si. The maximum Gasteiger partial charge on any atom is 0.334 e. The van der Waals surface area contributed by atoms with Gasteiger partial charge in [-0.3, -0.25) is 0 Å². The van der Waals surface area contributed by atoms with Crippen LogP contribution in [-0.2, 0) is 8.85 Å². The van der Waals surface area contributed by atoms with Gasteiger partial charge in [-0.05, 0) is 141 Å². The van der Waals surface area contributed by atoms with E-state index < -0.39 is 8.56 Å². The van der Waals surface area contributed by atoms with Gasteiger partial charge in [0.2, 0.25) is 0 Å². The van der Waals surface area contributed by atoms with Crippen molar-refractivity contribution < 1.29 is 8.85 Å². The molecule has 0 radical (unpaired) electrons. The first kappa shape index (κ1) is 36.0. The third kappa shape index (κ3) is 15.4. The van der Waals surface area contributed by atoms with Crippen LogP contribution in [0.2, 0.25) is 12.6 Å². The van der Waals surface area contributed by atoms with Crippen molar-refractivity contribution in [2.24, 2.45) is 5.41 Å². The Morgan fingerprint density at radius 1 is 0.472 bits per heavy atom. The Morgan fingerprint density at radius 3 is 0.972 bits per heavy atom. The van der Waals surface area contributed by atoms with Gasteiger partial charge < -0.3 is 23.6 Å². The highest BCUT2D eigenvalue weighted by Crippen LogP contribution is 2.39.